The molecule has 0 amide bonds. The van der Waals surface area contributed by atoms with Crippen LogP contribution in [0.2, 0.25) is 0 Å². The second-order valence-electron chi connectivity index (χ2n) is 6.83. The molecule has 1 rings (SSSR count). The maximum absolute atomic E-state index is 4.34. The van der Waals surface area contributed by atoms with E-state index in [4.69, 9.17) is 0 Å². The molecule has 0 radical (unpaired) electrons. The van der Waals surface area contributed by atoms with Crippen molar-refractivity contribution in [3.05, 3.63) is 11.9 Å². The third kappa shape index (κ3) is 4.79. The molecule has 0 N–H and O–H groups in total. The van der Waals surface area contributed by atoms with Crippen LogP contribution >= 0.6 is 0 Å². The minimum absolute atomic E-state index is 0.410. The second kappa shape index (κ2) is 6.35. The van der Waals surface area contributed by atoms with Crippen molar-refractivity contribution in [1.82, 2.24) is 15.0 Å². The molecule has 0 fully saturated rings. The second-order valence-corrected chi connectivity index (χ2v) is 6.83. The van der Waals surface area contributed by atoms with Crippen LogP contribution in [0.5, 0.6) is 0 Å². The topological polar surface area (TPSA) is 30.7 Å². The van der Waals surface area contributed by atoms with Crippen LogP contribution in [0.25, 0.3) is 0 Å². The maximum atomic E-state index is 4.34. The molecule has 1 heterocycles. The van der Waals surface area contributed by atoms with Crippen LogP contribution in [0.4, 0.5) is 0 Å². The average Bonchev–Trinajstić information content (AvgIpc) is 2.65. The molecular formula is C15H29N3. The summed E-state index contributed by atoms with van der Waals surface area (Å²) < 4.78 is 2.01. The smallest absolute Gasteiger partial charge is 0.0860 e. The fourth-order valence-electron chi connectivity index (χ4n) is 2.39. The molecule has 1 atom stereocenters. The highest BCUT2D eigenvalue weighted by molar-refractivity contribution is 5.02. The fraction of sp³-hybridized carbons (Fsp3) is 0.867. The van der Waals surface area contributed by atoms with Crippen molar-refractivity contribution in [1.29, 1.82) is 0 Å². The standard InChI is InChI=1S/C15H29N3/c1-7-13(12(2)3)14-11-18(17-16-14)10-8-9-15(4,5)6/h11-13H,7-10H2,1-6H3. The van der Waals surface area contributed by atoms with E-state index in [-0.39, 0.29) is 0 Å². The van der Waals surface area contributed by atoms with Crippen LogP contribution in [0.3, 0.4) is 0 Å². The van der Waals surface area contributed by atoms with Crippen molar-refractivity contribution in [2.45, 2.75) is 73.3 Å². The molecule has 0 aliphatic heterocycles. The minimum atomic E-state index is 0.410. The summed E-state index contributed by atoms with van der Waals surface area (Å²) in [4.78, 5) is 0. The summed E-state index contributed by atoms with van der Waals surface area (Å²) in [7, 11) is 0. The normalized spacial score (nSPS) is 14.2. The molecule has 104 valence electrons. The lowest BCUT2D eigenvalue weighted by atomic mass is 9.90. The van der Waals surface area contributed by atoms with E-state index in [2.05, 4.69) is 58.1 Å². The van der Waals surface area contributed by atoms with Gasteiger partial charge in [-0.3, -0.25) is 4.68 Å². The van der Waals surface area contributed by atoms with Crippen molar-refractivity contribution in [3.63, 3.8) is 0 Å². The molecule has 0 saturated carbocycles. The highest BCUT2D eigenvalue weighted by atomic mass is 15.4. The van der Waals surface area contributed by atoms with Gasteiger partial charge < -0.3 is 0 Å². The number of hydrogen-bond donors (Lipinski definition) is 0. The van der Waals surface area contributed by atoms with E-state index < -0.39 is 0 Å². The number of nitrogens with zero attached hydrogens (tertiary/aromatic N) is 3. The molecular weight excluding hydrogens is 222 g/mol. The molecule has 0 aromatic carbocycles. The Hall–Kier alpha value is -0.860. The number of aryl methyl sites for hydroxylation is 1. The van der Waals surface area contributed by atoms with E-state index in [9.17, 15) is 0 Å². The monoisotopic (exact) mass is 251 g/mol. The van der Waals surface area contributed by atoms with Gasteiger partial charge in [0.05, 0.1) is 5.69 Å². The van der Waals surface area contributed by atoms with Crippen molar-refractivity contribution in [2.75, 3.05) is 0 Å². The Morgan fingerprint density at radius 2 is 1.94 bits per heavy atom. The Morgan fingerprint density at radius 1 is 1.28 bits per heavy atom. The molecule has 0 aliphatic rings. The number of hydrogen-bond acceptors (Lipinski definition) is 2. The van der Waals surface area contributed by atoms with E-state index >= 15 is 0 Å². The van der Waals surface area contributed by atoms with Crippen molar-refractivity contribution in [2.24, 2.45) is 11.3 Å². The first-order chi connectivity index (χ1) is 8.33. The van der Waals surface area contributed by atoms with Gasteiger partial charge in [-0.1, -0.05) is 46.8 Å². The molecule has 0 bridgehead atoms. The van der Waals surface area contributed by atoms with Crippen LogP contribution in [-0.2, 0) is 6.54 Å². The van der Waals surface area contributed by atoms with Gasteiger partial charge in [0.2, 0.25) is 0 Å². The Bertz CT molecular complexity index is 347. The Labute approximate surface area is 112 Å². The van der Waals surface area contributed by atoms with Crippen LogP contribution in [0, 0.1) is 11.3 Å². The van der Waals surface area contributed by atoms with E-state index in [1.807, 2.05) is 4.68 Å². The van der Waals surface area contributed by atoms with E-state index in [0.29, 0.717) is 17.3 Å². The largest absolute Gasteiger partial charge is 0.252 e. The SMILES string of the molecule is CCC(c1cn(CCCC(C)(C)C)nn1)C(C)C. The molecule has 3 heteroatoms. The predicted molar refractivity (Wildman–Crippen MR) is 76.6 cm³/mol. The molecule has 0 aliphatic carbocycles. The Morgan fingerprint density at radius 3 is 2.44 bits per heavy atom. The molecule has 1 aromatic rings. The third-order valence-electron chi connectivity index (χ3n) is 3.49. The third-order valence-corrected chi connectivity index (χ3v) is 3.49. The van der Waals surface area contributed by atoms with Gasteiger partial charge in [-0.25, -0.2) is 0 Å². The number of rotatable bonds is 6. The van der Waals surface area contributed by atoms with Crippen molar-refractivity contribution in [3.8, 4) is 0 Å². The van der Waals surface area contributed by atoms with Crippen LogP contribution < -0.4 is 0 Å². The molecule has 1 aromatic heterocycles. The van der Waals surface area contributed by atoms with Gasteiger partial charge in [0.1, 0.15) is 0 Å². The highest BCUT2D eigenvalue weighted by Gasteiger charge is 2.17. The van der Waals surface area contributed by atoms with E-state index in [1.54, 1.807) is 0 Å². The first kappa shape index (κ1) is 15.2. The van der Waals surface area contributed by atoms with E-state index in [0.717, 1.165) is 18.7 Å². The van der Waals surface area contributed by atoms with Crippen LogP contribution in [-0.4, -0.2) is 15.0 Å². The molecule has 18 heavy (non-hydrogen) atoms. The summed E-state index contributed by atoms with van der Waals surface area (Å²) in [6.07, 6.45) is 5.67. The van der Waals surface area contributed by atoms with Crippen LogP contribution in [0.15, 0.2) is 6.20 Å². The summed E-state index contributed by atoms with van der Waals surface area (Å²) in [6, 6.07) is 0. The van der Waals surface area contributed by atoms with Gasteiger partial charge in [0.25, 0.3) is 0 Å². The van der Waals surface area contributed by atoms with Gasteiger partial charge in [0, 0.05) is 18.7 Å². The van der Waals surface area contributed by atoms with Crippen molar-refractivity contribution < 1.29 is 0 Å². The van der Waals surface area contributed by atoms with Gasteiger partial charge in [-0.15, -0.1) is 5.10 Å². The maximum Gasteiger partial charge on any atom is 0.0860 e. The molecule has 0 saturated heterocycles. The summed E-state index contributed by atoms with van der Waals surface area (Å²) in [6.45, 7) is 14.6. The Kier molecular flexibility index (Phi) is 5.36. The fourth-order valence-corrected chi connectivity index (χ4v) is 2.39. The molecule has 3 nitrogen and oxygen atoms in total. The lowest BCUT2D eigenvalue weighted by Gasteiger charge is -2.17. The average molecular weight is 251 g/mol. The molecule has 0 spiro atoms. The quantitative estimate of drug-likeness (QED) is 0.756. The highest BCUT2D eigenvalue weighted by Crippen LogP contribution is 2.26. The summed E-state index contributed by atoms with van der Waals surface area (Å²) >= 11 is 0. The van der Waals surface area contributed by atoms with Gasteiger partial charge in [-0.05, 0) is 30.6 Å². The summed E-state index contributed by atoms with van der Waals surface area (Å²) in [5.74, 6) is 1.18. The minimum Gasteiger partial charge on any atom is -0.252 e. The van der Waals surface area contributed by atoms with Gasteiger partial charge in [0.15, 0.2) is 0 Å². The van der Waals surface area contributed by atoms with Crippen molar-refractivity contribution >= 4 is 0 Å². The zero-order valence-corrected chi connectivity index (χ0v) is 12.9. The lowest BCUT2D eigenvalue weighted by Crippen LogP contribution is -2.08. The Balaban J connectivity index is 2.53. The first-order valence-corrected chi connectivity index (χ1v) is 7.23. The predicted octanol–water partition coefficient (Wildman–Crippen LogP) is 4.25. The van der Waals surface area contributed by atoms with Gasteiger partial charge in [-0.2, -0.15) is 0 Å². The summed E-state index contributed by atoms with van der Waals surface area (Å²) in [5.41, 5.74) is 1.57. The van der Waals surface area contributed by atoms with Crippen LogP contribution in [0.1, 0.15) is 72.4 Å². The number of aromatic nitrogens is 3. The zero-order valence-electron chi connectivity index (χ0n) is 12.9. The first-order valence-electron chi connectivity index (χ1n) is 7.23. The zero-order chi connectivity index (χ0) is 13.8. The molecule has 1 unspecified atom stereocenters. The summed E-state index contributed by atoms with van der Waals surface area (Å²) in [5, 5.41) is 8.59. The van der Waals surface area contributed by atoms with Gasteiger partial charge >= 0.3 is 0 Å². The van der Waals surface area contributed by atoms with E-state index in [1.165, 1.54) is 12.8 Å². The lowest BCUT2D eigenvalue weighted by molar-refractivity contribution is 0.347.